The Bertz CT molecular complexity index is 473. The van der Waals surface area contributed by atoms with Crippen LogP contribution in [0.3, 0.4) is 0 Å². The average molecular weight is 329 g/mol. The SMILES string of the molecule is CCC(CC)NC(=O)Nc1ccc(Br)cc1C(=O)O. The van der Waals surface area contributed by atoms with E-state index in [0.29, 0.717) is 4.47 Å². The zero-order chi connectivity index (χ0) is 14.4. The lowest BCUT2D eigenvalue weighted by Crippen LogP contribution is -2.37. The van der Waals surface area contributed by atoms with Gasteiger partial charge in [0, 0.05) is 10.5 Å². The number of hydrogen-bond donors (Lipinski definition) is 3. The Morgan fingerprint density at radius 1 is 1.32 bits per heavy atom. The Morgan fingerprint density at radius 3 is 2.47 bits per heavy atom. The van der Waals surface area contributed by atoms with Crippen molar-refractivity contribution in [3.05, 3.63) is 28.2 Å². The summed E-state index contributed by atoms with van der Waals surface area (Å²) in [7, 11) is 0. The van der Waals surface area contributed by atoms with Crippen molar-refractivity contribution in [1.29, 1.82) is 0 Å². The molecular formula is C13H17BrN2O3. The first-order valence-corrected chi connectivity index (χ1v) is 6.87. The van der Waals surface area contributed by atoms with Crippen molar-refractivity contribution >= 4 is 33.6 Å². The van der Waals surface area contributed by atoms with Gasteiger partial charge in [-0.05, 0) is 31.0 Å². The number of benzene rings is 1. The largest absolute Gasteiger partial charge is 0.478 e. The number of aromatic carboxylic acids is 1. The highest BCUT2D eigenvalue weighted by Crippen LogP contribution is 2.21. The monoisotopic (exact) mass is 328 g/mol. The minimum atomic E-state index is -1.08. The molecule has 0 saturated carbocycles. The molecule has 0 radical (unpaired) electrons. The van der Waals surface area contributed by atoms with Crippen LogP contribution in [0.15, 0.2) is 22.7 Å². The Hall–Kier alpha value is -1.56. The van der Waals surface area contributed by atoms with Gasteiger partial charge in [0.15, 0.2) is 0 Å². The van der Waals surface area contributed by atoms with Crippen LogP contribution in [0, 0.1) is 0 Å². The number of carboxylic acid groups (broad SMARTS) is 1. The second kappa shape index (κ2) is 7.13. The molecule has 0 atom stereocenters. The van der Waals surface area contributed by atoms with E-state index in [2.05, 4.69) is 26.6 Å². The number of hydrogen-bond acceptors (Lipinski definition) is 2. The maximum atomic E-state index is 11.8. The van der Waals surface area contributed by atoms with Crippen LogP contribution in [0.4, 0.5) is 10.5 Å². The third-order valence-corrected chi connectivity index (χ3v) is 3.27. The molecular weight excluding hydrogens is 312 g/mol. The summed E-state index contributed by atoms with van der Waals surface area (Å²) >= 11 is 3.20. The molecule has 6 heteroatoms. The van der Waals surface area contributed by atoms with Gasteiger partial charge in [-0.25, -0.2) is 9.59 Å². The van der Waals surface area contributed by atoms with E-state index in [-0.39, 0.29) is 17.3 Å². The van der Waals surface area contributed by atoms with Crippen LogP contribution >= 0.6 is 15.9 Å². The van der Waals surface area contributed by atoms with E-state index in [1.54, 1.807) is 12.1 Å². The third-order valence-electron chi connectivity index (χ3n) is 2.78. The Labute approximate surface area is 120 Å². The van der Waals surface area contributed by atoms with E-state index in [9.17, 15) is 9.59 Å². The third kappa shape index (κ3) is 4.55. The highest BCUT2D eigenvalue weighted by Gasteiger charge is 2.14. The fourth-order valence-electron chi connectivity index (χ4n) is 1.64. The lowest BCUT2D eigenvalue weighted by Gasteiger charge is -2.16. The number of anilines is 1. The van der Waals surface area contributed by atoms with Crippen molar-refractivity contribution in [3.63, 3.8) is 0 Å². The van der Waals surface area contributed by atoms with Crippen molar-refractivity contribution in [2.75, 3.05) is 5.32 Å². The molecule has 1 aromatic rings. The first-order chi connectivity index (χ1) is 8.97. The van der Waals surface area contributed by atoms with E-state index in [1.165, 1.54) is 6.07 Å². The maximum Gasteiger partial charge on any atom is 0.337 e. The summed E-state index contributed by atoms with van der Waals surface area (Å²) in [4.78, 5) is 22.9. The fraction of sp³-hybridized carbons (Fsp3) is 0.385. The summed E-state index contributed by atoms with van der Waals surface area (Å²) in [6.07, 6.45) is 1.66. The van der Waals surface area contributed by atoms with Gasteiger partial charge in [0.25, 0.3) is 0 Å². The van der Waals surface area contributed by atoms with Gasteiger partial charge in [0.05, 0.1) is 11.3 Å². The quantitative estimate of drug-likeness (QED) is 0.774. The Kier molecular flexibility index (Phi) is 5.82. The number of rotatable bonds is 5. The van der Waals surface area contributed by atoms with Gasteiger partial charge in [-0.15, -0.1) is 0 Å². The molecule has 0 spiro atoms. The second-order valence-corrected chi connectivity index (χ2v) is 5.02. The first kappa shape index (κ1) is 15.5. The van der Waals surface area contributed by atoms with E-state index < -0.39 is 12.0 Å². The van der Waals surface area contributed by atoms with Gasteiger partial charge in [-0.3, -0.25) is 0 Å². The minimum Gasteiger partial charge on any atom is -0.478 e. The number of nitrogens with one attached hydrogen (secondary N) is 2. The van der Waals surface area contributed by atoms with Crippen LogP contribution in [-0.2, 0) is 0 Å². The molecule has 2 amide bonds. The average Bonchev–Trinajstić information content (AvgIpc) is 2.37. The van der Waals surface area contributed by atoms with Crippen molar-refractivity contribution in [2.45, 2.75) is 32.7 Å². The molecule has 0 unspecified atom stereocenters. The summed E-state index contributed by atoms with van der Waals surface area (Å²) in [6, 6.07) is 4.39. The van der Waals surface area contributed by atoms with E-state index in [4.69, 9.17) is 5.11 Å². The molecule has 1 aromatic carbocycles. The van der Waals surface area contributed by atoms with Gasteiger partial charge in [-0.2, -0.15) is 0 Å². The molecule has 1 rings (SSSR count). The number of carbonyl (C=O) groups is 2. The molecule has 0 aliphatic rings. The van der Waals surface area contributed by atoms with Crippen LogP contribution in [0.25, 0.3) is 0 Å². The van der Waals surface area contributed by atoms with Crippen LogP contribution in [0.5, 0.6) is 0 Å². The van der Waals surface area contributed by atoms with Crippen LogP contribution in [-0.4, -0.2) is 23.1 Å². The molecule has 5 nitrogen and oxygen atoms in total. The number of halogens is 1. The molecule has 0 heterocycles. The summed E-state index contributed by atoms with van der Waals surface area (Å²) in [5.74, 6) is -1.08. The maximum absolute atomic E-state index is 11.8. The zero-order valence-electron chi connectivity index (χ0n) is 10.9. The zero-order valence-corrected chi connectivity index (χ0v) is 12.5. The number of carbonyl (C=O) groups excluding carboxylic acids is 1. The summed E-state index contributed by atoms with van der Waals surface area (Å²) < 4.78 is 0.649. The number of urea groups is 1. The van der Waals surface area contributed by atoms with Crippen molar-refractivity contribution in [1.82, 2.24) is 5.32 Å². The predicted molar refractivity (Wildman–Crippen MR) is 77.6 cm³/mol. The molecule has 0 aliphatic heterocycles. The standard InChI is InChI=1S/C13H17BrN2O3/c1-3-9(4-2)15-13(19)16-11-6-5-8(14)7-10(11)12(17)18/h5-7,9H,3-4H2,1-2H3,(H,17,18)(H2,15,16,19). The van der Waals surface area contributed by atoms with Crippen molar-refractivity contribution in [2.24, 2.45) is 0 Å². The topological polar surface area (TPSA) is 78.4 Å². The molecule has 0 fully saturated rings. The number of carboxylic acids is 1. The molecule has 0 saturated heterocycles. The lowest BCUT2D eigenvalue weighted by atomic mass is 10.1. The predicted octanol–water partition coefficient (Wildman–Crippen LogP) is 3.46. The highest BCUT2D eigenvalue weighted by atomic mass is 79.9. The molecule has 19 heavy (non-hydrogen) atoms. The van der Waals surface area contributed by atoms with Gasteiger partial charge < -0.3 is 15.7 Å². The van der Waals surface area contributed by atoms with Crippen LogP contribution in [0.2, 0.25) is 0 Å². The Morgan fingerprint density at radius 2 is 1.95 bits per heavy atom. The Balaban J connectivity index is 2.82. The van der Waals surface area contributed by atoms with Gasteiger partial charge in [-0.1, -0.05) is 29.8 Å². The van der Waals surface area contributed by atoms with Gasteiger partial charge in [0.1, 0.15) is 0 Å². The molecule has 104 valence electrons. The molecule has 0 aliphatic carbocycles. The first-order valence-electron chi connectivity index (χ1n) is 6.08. The normalized spacial score (nSPS) is 10.3. The van der Waals surface area contributed by atoms with Crippen LogP contribution < -0.4 is 10.6 Å². The van der Waals surface area contributed by atoms with Crippen molar-refractivity contribution in [3.8, 4) is 0 Å². The van der Waals surface area contributed by atoms with E-state index >= 15 is 0 Å². The highest BCUT2D eigenvalue weighted by molar-refractivity contribution is 9.10. The molecule has 3 N–H and O–H groups in total. The summed E-state index contributed by atoms with van der Waals surface area (Å²) in [5, 5.41) is 14.4. The van der Waals surface area contributed by atoms with Crippen LogP contribution in [0.1, 0.15) is 37.0 Å². The van der Waals surface area contributed by atoms with E-state index in [0.717, 1.165) is 12.8 Å². The minimum absolute atomic E-state index is 0.0501. The summed E-state index contributed by atoms with van der Waals surface area (Å²) in [6.45, 7) is 3.97. The molecule has 0 bridgehead atoms. The lowest BCUT2D eigenvalue weighted by molar-refractivity contribution is 0.0698. The van der Waals surface area contributed by atoms with Gasteiger partial charge in [0.2, 0.25) is 0 Å². The van der Waals surface area contributed by atoms with E-state index in [1.807, 2.05) is 13.8 Å². The fourth-order valence-corrected chi connectivity index (χ4v) is 2.00. The summed E-state index contributed by atoms with van der Waals surface area (Å²) in [5.41, 5.74) is 0.327. The van der Waals surface area contributed by atoms with Crippen molar-refractivity contribution < 1.29 is 14.7 Å². The second-order valence-electron chi connectivity index (χ2n) is 4.11. The number of amides is 2. The molecule has 0 aromatic heterocycles. The smallest absolute Gasteiger partial charge is 0.337 e. The van der Waals surface area contributed by atoms with Gasteiger partial charge >= 0.3 is 12.0 Å².